The Balaban J connectivity index is 2.00. The third-order valence-electron chi connectivity index (χ3n) is 4.83. The normalized spacial score (nSPS) is 27.3. The molecule has 1 aliphatic rings. The third kappa shape index (κ3) is 3.38. The lowest BCUT2D eigenvalue weighted by molar-refractivity contribution is 0.317. The van der Waals surface area contributed by atoms with Gasteiger partial charge in [0.2, 0.25) is 0 Å². The summed E-state index contributed by atoms with van der Waals surface area (Å²) in [6, 6.07) is 3.48. The molecule has 0 bridgehead atoms. The molecular weight excluding hydrogens is 234 g/mol. The van der Waals surface area contributed by atoms with E-state index in [1.165, 1.54) is 25.0 Å². The maximum absolute atomic E-state index is 4.81. The van der Waals surface area contributed by atoms with Gasteiger partial charge in [0.25, 0.3) is 0 Å². The van der Waals surface area contributed by atoms with Gasteiger partial charge in [-0.2, -0.15) is 5.10 Å². The van der Waals surface area contributed by atoms with Crippen molar-refractivity contribution in [3.8, 4) is 0 Å². The van der Waals surface area contributed by atoms with Gasteiger partial charge in [-0.05, 0) is 57.1 Å². The minimum atomic E-state index is 0.431. The molecule has 3 nitrogen and oxygen atoms in total. The Bertz CT molecular complexity index is 394. The average molecular weight is 263 g/mol. The van der Waals surface area contributed by atoms with E-state index >= 15 is 0 Å². The quantitative estimate of drug-likeness (QED) is 0.850. The lowest BCUT2D eigenvalue weighted by Gasteiger charge is -2.23. The van der Waals surface area contributed by atoms with Crippen LogP contribution < -0.4 is 5.32 Å². The highest BCUT2D eigenvalue weighted by atomic mass is 15.3. The fourth-order valence-corrected chi connectivity index (χ4v) is 3.50. The molecule has 1 aromatic heterocycles. The van der Waals surface area contributed by atoms with Crippen LogP contribution in [0.1, 0.15) is 64.6 Å². The molecule has 1 saturated carbocycles. The summed E-state index contributed by atoms with van der Waals surface area (Å²) < 4.78 is 2.17. The minimum Gasteiger partial charge on any atom is -0.317 e. The van der Waals surface area contributed by atoms with Crippen LogP contribution in [0.15, 0.2) is 12.3 Å². The molecule has 2 unspecified atom stereocenters. The molecule has 1 heterocycles. The fourth-order valence-electron chi connectivity index (χ4n) is 3.50. The van der Waals surface area contributed by atoms with Crippen molar-refractivity contribution in [2.24, 2.45) is 5.41 Å². The summed E-state index contributed by atoms with van der Waals surface area (Å²) in [5.74, 6) is 0. The number of hydrogen-bond donors (Lipinski definition) is 1. The molecule has 108 valence electrons. The Morgan fingerprint density at radius 1 is 1.47 bits per heavy atom. The summed E-state index contributed by atoms with van der Waals surface area (Å²) in [5, 5.41) is 8.23. The molecular formula is C16H29N3. The van der Waals surface area contributed by atoms with Crippen molar-refractivity contribution in [1.82, 2.24) is 15.1 Å². The summed E-state index contributed by atoms with van der Waals surface area (Å²) in [5.41, 5.74) is 1.70. The monoisotopic (exact) mass is 263 g/mol. The van der Waals surface area contributed by atoms with Gasteiger partial charge < -0.3 is 5.32 Å². The van der Waals surface area contributed by atoms with Crippen LogP contribution in [0.2, 0.25) is 0 Å². The number of nitrogens with one attached hydrogen (secondary N) is 1. The van der Waals surface area contributed by atoms with Gasteiger partial charge in [-0.25, -0.2) is 0 Å². The molecule has 0 aromatic carbocycles. The number of rotatable bonds is 6. The fraction of sp³-hybridized carbons (Fsp3) is 0.812. The summed E-state index contributed by atoms with van der Waals surface area (Å²) in [4.78, 5) is 0. The van der Waals surface area contributed by atoms with Crippen LogP contribution in [0.25, 0.3) is 0 Å². The summed E-state index contributed by atoms with van der Waals surface area (Å²) >= 11 is 0. The second kappa shape index (κ2) is 6.08. The second-order valence-electron chi connectivity index (χ2n) is 6.47. The van der Waals surface area contributed by atoms with E-state index in [1.54, 1.807) is 0 Å². The zero-order valence-corrected chi connectivity index (χ0v) is 12.9. The van der Waals surface area contributed by atoms with E-state index in [1.807, 2.05) is 0 Å². The van der Waals surface area contributed by atoms with Crippen LogP contribution in [-0.4, -0.2) is 22.9 Å². The average Bonchev–Trinajstić information content (AvgIpc) is 2.99. The van der Waals surface area contributed by atoms with Gasteiger partial charge in [0, 0.05) is 12.2 Å². The van der Waals surface area contributed by atoms with E-state index in [-0.39, 0.29) is 0 Å². The minimum absolute atomic E-state index is 0.431. The lowest BCUT2D eigenvalue weighted by atomic mass is 9.83. The predicted octanol–water partition coefficient (Wildman–Crippen LogP) is 3.56. The molecule has 0 radical (unpaired) electrons. The molecule has 0 saturated heterocycles. The molecule has 0 amide bonds. The Hall–Kier alpha value is -0.830. The number of nitrogens with zero attached hydrogens (tertiary/aromatic N) is 2. The van der Waals surface area contributed by atoms with Gasteiger partial charge >= 0.3 is 0 Å². The zero-order valence-electron chi connectivity index (χ0n) is 12.9. The maximum Gasteiger partial charge on any atom is 0.0630 e. The van der Waals surface area contributed by atoms with E-state index < -0.39 is 0 Å². The van der Waals surface area contributed by atoms with Crippen LogP contribution in [0.4, 0.5) is 0 Å². The molecule has 1 aromatic rings. The van der Waals surface area contributed by atoms with Crippen molar-refractivity contribution in [2.45, 2.75) is 71.4 Å². The van der Waals surface area contributed by atoms with E-state index in [9.17, 15) is 0 Å². The van der Waals surface area contributed by atoms with Crippen LogP contribution in [0, 0.1) is 5.41 Å². The van der Waals surface area contributed by atoms with E-state index in [0.717, 1.165) is 19.3 Å². The lowest BCUT2D eigenvalue weighted by Crippen LogP contribution is -2.24. The number of aromatic nitrogens is 2. The molecule has 1 fully saturated rings. The summed E-state index contributed by atoms with van der Waals surface area (Å²) in [7, 11) is 2.08. The Morgan fingerprint density at radius 2 is 2.21 bits per heavy atom. The first-order valence-electron chi connectivity index (χ1n) is 7.81. The smallest absolute Gasteiger partial charge is 0.0630 e. The molecule has 19 heavy (non-hydrogen) atoms. The van der Waals surface area contributed by atoms with Crippen LogP contribution in [0.3, 0.4) is 0 Å². The largest absolute Gasteiger partial charge is 0.317 e. The van der Waals surface area contributed by atoms with E-state index in [4.69, 9.17) is 5.10 Å². The predicted molar refractivity (Wildman–Crippen MR) is 80.4 cm³/mol. The summed E-state index contributed by atoms with van der Waals surface area (Å²) in [6.07, 6.45) is 9.52. The van der Waals surface area contributed by atoms with Gasteiger partial charge in [0.15, 0.2) is 0 Å². The standard InChI is InChI=1S/C16H29N3/c1-5-15(6-2)19-10-8-14(18-19)12-16(3)9-7-13(11-16)17-4/h8,10,13,15,17H,5-7,9,11-12H2,1-4H3. The maximum atomic E-state index is 4.81. The SMILES string of the molecule is CCC(CC)n1ccc(CC2(C)CCC(NC)C2)n1. The molecule has 2 atom stereocenters. The highest BCUT2D eigenvalue weighted by Crippen LogP contribution is 2.40. The van der Waals surface area contributed by atoms with E-state index in [2.05, 4.69) is 50.1 Å². The van der Waals surface area contributed by atoms with Gasteiger partial charge in [0.1, 0.15) is 0 Å². The Kier molecular flexibility index (Phi) is 4.67. The van der Waals surface area contributed by atoms with Gasteiger partial charge in [-0.1, -0.05) is 20.8 Å². The van der Waals surface area contributed by atoms with Crippen molar-refractivity contribution in [1.29, 1.82) is 0 Å². The van der Waals surface area contributed by atoms with Crippen molar-refractivity contribution in [3.05, 3.63) is 18.0 Å². The van der Waals surface area contributed by atoms with Crippen LogP contribution >= 0.6 is 0 Å². The Morgan fingerprint density at radius 3 is 2.79 bits per heavy atom. The molecule has 0 spiro atoms. The highest BCUT2D eigenvalue weighted by Gasteiger charge is 2.35. The molecule has 0 aliphatic heterocycles. The van der Waals surface area contributed by atoms with Crippen LogP contribution in [-0.2, 0) is 6.42 Å². The second-order valence-corrected chi connectivity index (χ2v) is 6.47. The Labute approximate surface area is 117 Å². The molecule has 3 heteroatoms. The number of hydrogen-bond acceptors (Lipinski definition) is 2. The van der Waals surface area contributed by atoms with Crippen molar-refractivity contribution in [3.63, 3.8) is 0 Å². The van der Waals surface area contributed by atoms with Gasteiger partial charge in [-0.15, -0.1) is 0 Å². The first-order valence-corrected chi connectivity index (χ1v) is 7.81. The highest BCUT2D eigenvalue weighted by molar-refractivity contribution is 5.05. The van der Waals surface area contributed by atoms with Crippen LogP contribution in [0.5, 0.6) is 0 Å². The van der Waals surface area contributed by atoms with Gasteiger partial charge in [0.05, 0.1) is 11.7 Å². The van der Waals surface area contributed by atoms with E-state index in [0.29, 0.717) is 17.5 Å². The third-order valence-corrected chi connectivity index (χ3v) is 4.83. The molecule has 2 rings (SSSR count). The first kappa shape index (κ1) is 14.6. The van der Waals surface area contributed by atoms with Crippen molar-refractivity contribution in [2.75, 3.05) is 7.05 Å². The molecule has 1 N–H and O–H groups in total. The zero-order chi connectivity index (χ0) is 13.9. The van der Waals surface area contributed by atoms with Crippen molar-refractivity contribution < 1.29 is 0 Å². The first-order chi connectivity index (χ1) is 9.10. The molecule has 1 aliphatic carbocycles. The summed E-state index contributed by atoms with van der Waals surface area (Å²) in [6.45, 7) is 6.90. The topological polar surface area (TPSA) is 29.9 Å². The van der Waals surface area contributed by atoms with Gasteiger partial charge in [-0.3, -0.25) is 4.68 Å². The van der Waals surface area contributed by atoms with Crippen molar-refractivity contribution >= 4 is 0 Å².